The average molecular weight is 273 g/mol. The van der Waals surface area contributed by atoms with E-state index in [0.29, 0.717) is 11.4 Å². The molecular formula is C13H15N5S. The summed E-state index contributed by atoms with van der Waals surface area (Å²) in [7, 11) is 1.92. The number of aryl methyl sites for hydroxylation is 1. The zero-order chi connectivity index (χ0) is 13.8. The van der Waals surface area contributed by atoms with Crippen LogP contribution in [0, 0.1) is 25.2 Å². The van der Waals surface area contributed by atoms with Gasteiger partial charge in [0, 0.05) is 31.6 Å². The fraction of sp³-hybridized carbons (Fsp3) is 0.385. The molecule has 5 nitrogen and oxygen atoms in total. The maximum atomic E-state index is 9.27. The van der Waals surface area contributed by atoms with Crippen molar-refractivity contribution in [1.82, 2.24) is 15.2 Å². The van der Waals surface area contributed by atoms with Gasteiger partial charge in [-0.1, -0.05) is 0 Å². The van der Waals surface area contributed by atoms with Crippen molar-refractivity contribution in [3.05, 3.63) is 33.4 Å². The molecule has 2 heterocycles. The number of nitriles is 1. The van der Waals surface area contributed by atoms with Crippen molar-refractivity contribution in [2.45, 2.75) is 20.3 Å². The lowest BCUT2D eigenvalue weighted by molar-refractivity contribution is 0.822. The predicted molar refractivity (Wildman–Crippen MR) is 75.3 cm³/mol. The van der Waals surface area contributed by atoms with Crippen molar-refractivity contribution >= 4 is 17.2 Å². The summed E-state index contributed by atoms with van der Waals surface area (Å²) in [6, 6.07) is 2.22. The molecule has 0 fully saturated rings. The minimum atomic E-state index is 0.606. The SMILES string of the molecule is Cc1nnc(N(C)CCc2nccs2)c(C#N)c1C. The molecule has 0 unspecified atom stereocenters. The lowest BCUT2D eigenvalue weighted by Crippen LogP contribution is -2.23. The van der Waals surface area contributed by atoms with Crippen LogP contribution in [0.1, 0.15) is 21.8 Å². The Bertz CT molecular complexity index is 600. The Kier molecular flexibility index (Phi) is 4.07. The van der Waals surface area contributed by atoms with E-state index in [4.69, 9.17) is 0 Å². The van der Waals surface area contributed by atoms with Gasteiger partial charge in [0.2, 0.25) is 0 Å². The van der Waals surface area contributed by atoms with E-state index in [1.807, 2.05) is 31.2 Å². The highest BCUT2D eigenvalue weighted by molar-refractivity contribution is 7.09. The number of likely N-dealkylation sites (N-methyl/N-ethyl adjacent to an activating group) is 1. The first-order valence-corrected chi connectivity index (χ1v) is 6.85. The van der Waals surface area contributed by atoms with Crippen LogP contribution in [0.5, 0.6) is 0 Å². The van der Waals surface area contributed by atoms with Gasteiger partial charge in [0.1, 0.15) is 11.6 Å². The van der Waals surface area contributed by atoms with Gasteiger partial charge in [-0.3, -0.25) is 0 Å². The summed E-state index contributed by atoms with van der Waals surface area (Å²) >= 11 is 1.64. The van der Waals surface area contributed by atoms with Crippen LogP contribution in [0.3, 0.4) is 0 Å². The highest BCUT2D eigenvalue weighted by Crippen LogP contribution is 2.20. The molecule has 0 saturated heterocycles. The predicted octanol–water partition coefficient (Wildman–Crippen LogP) is 2.10. The van der Waals surface area contributed by atoms with Crippen molar-refractivity contribution < 1.29 is 0 Å². The van der Waals surface area contributed by atoms with Crippen LogP contribution in [0.2, 0.25) is 0 Å². The Hall–Kier alpha value is -2.00. The molecule has 6 heteroatoms. The molecule has 2 aromatic heterocycles. The van der Waals surface area contributed by atoms with Crippen molar-refractivity contribution in [3.63, 3.8) is 0 Å². The standard InChI is InChI=1S/C13H15N5S/c1-9-10(2)16-17-13(11(9)8-14)18(3)6-4-12-15-5-7-19-12/h5,7H,4,6H2,1-3H3. The first-order valence-electron chi connectivity index (χ1n) is 5.97. The fourth-order valence-electron chi connectivity index (χ4n) is 1.74. The van der Waals surface area contributed by atoms with Gasteiger partial charge in [-0.25, -0.2) is 4.98 Å². The van der Waals surface area contributed by atoms with Crippen LogP contribution < -0.4 is 4.90 Å². The monoisotopic (exact) mass is 273 g/mol. The molecule has 0 amide bonds. The summed E-state index contributed by atoms with van der Waals surface area (Å²) in [4.78, 5) is 6.20. The Labute approximate surface area is 116 Å². The van der Waals surface area contributed by atoms with Crippen LogP contribution in [0.4, 0.5) is 5.82 Å². The number of thiazole rings is 1. The third-order valence-corrected chi connectivity index (χ3v) is 3.89. The van der Waals surface area contributed by atoms with Gasteiger partial charge in [0.25, 0.3) is 0 Å². The number of rotatable bonds is 4. The van der Waals surface area contributed by atoms with E-state index in [9.17, 15) is 5.26 Å². The van der Waals surface area contributed by atoms with Gasteiger partial charge in [-0.2, -0.15) is 10.4 Å². The highest BCUT2D eigenvalue weighted by Gasteiger charge is 2.14. The molecule has 0 radical (unpaired) electrons. The van der Waals surface area contributed by atoms with E-state index in [0.717, 1.165) is 29.2 Å². The minimum absolute atomic E-state index is 0.606. The number of hydrogen-bond donors (Lipinski definition) is 0. The zero-order valence-corrected chi connectivity index (χ0v) is 12.0. The molecule has 0 spiro atoms. The molecule has 0 aliphatic heterocycles. The van der Waals surface area contributed by atoms with Gasteiger partial charge >= 0.3 is 0 Å². The summed E-state index contributed by atoms with van der Waals surface area (Å²) in [5.74, 6) is 0.641. The second-order valence-electron chi connectivity index (χ2n) is 4.32. The Morgan fingerprint density at radius 2 is 2.16 bits per heavy atom. The molecule has 0 N–H and O–H groups in total. The number of aromatic nitrogens is 3. The first-order chi connectivity index (χ1) is 9.13. The second kappa shape index (κ2) is 5.76. The fourth-order valence-corrected chi connectivity index (χ4v) is 2.35. The molecule has 19 heavy (non-hydrogen) atoms. The average Bonchev–Trinajstić information content (AvgIpc) is 2.92. The zero-order valence-electron chi connectivity index (χ0n) is 11.2. The molecule has 0 atom stereocenters. The van der Waals surface area contributed by atoms with Crippen molar-refractivity contribution in [2.75, 3.05) is 18.5 Å². The number of nitrogens with zero attached hydrogens (tertiary/aromatic N) is 5. The minimum Gasteiger partial charge on any atom is -0.357 e. The van der Waals surface area contributed by atoms with Gasteiger partial charge in [-0.15, -0.1) is 16.4 Å². The van der Waals surface area contributed by atoms with Crippen LogP contribution >= 0.6 is 11.3 Å². The van der Waals surface area contributed by atoms with Crippen molar-refractivity contribution in [3.8, 4) is 6.07 Å². The molecule has 2 aromatic rings. The van der Waals surface area contributed by atoms with E-state index in [1.54, 1.807) is 17.5 Å². The lowest BCUT2D eigenvalue weighted by atomic mass is 10.1. The number of anilines is 1. The highest BCUT2D eigenvalue weighted by atomic mass is 32.1. The molecule has 98 valence electrons. The summed E-state index contributed by atoms with van der Waals surface area (Å²) < 4.78 is 0. The summed E-state index contributed by atoms with van der Waals surface area (Å²) in [5.41, 5.74) is 2.30. The van der Waals surface area contributed by atoms with Gasteiger partial charge in [0.05, 0.1) is 10.7 Å². The third kappa shape index (κ3) is 2.88. The summed E-state index contributed by atoms with van der Waals surface area (Å²) in [6.07, 6.45) is 2.64. The maximum absolute atomic E-state index is 9.27. The smallest absolute Gasteiger partial charge is 0.169 e. The van der Waals surface area contributed by atoms with Gasteiger partial charge < -0.3 is 4.90 Å². The van der Waals surface area contributed by atoms with E-state index in [2.05, 4.69) is 21.3 Å². The first kappa shape index (κ1) is 13.4. The topological polar surface area (TPSA) is 65.7 Å². The van der Waals surface area contributed by atoms with E-state index in [-0.39, 0.29) is 0 Å². The Morgan fingerprint density at radius 3 is 2.79 bits per heavy atom. The van der Waals surface area contributed by atoms with E-state index >= 15 is 0 Å². The van der Waals surface area contributed by atoms with Crippen LogP contribution in [-0.2, 0) is 6.42 Å². The second-order valence-corrected chi connectivity index (χ2v) is 5.30. The van der Waals surface area contributed by atoms with E-state index < -0.39 is 0 Å². The van der Waals surface area contributed by atoms with Crippen LogP contribution in [0.15, 0.2) is 11.6 Å². The summed E-state index contributed by atoms with van der Waals surface area (Å²) in [6.45, 7) is 4.53. The normalized spacial score (nSPS) is 10.2. The quantitative estimate of drug-likeness (QED) is 0.853. The lowest BCUT2D eigenvalue weighted by Gasteiger charge is -2.19. The molecule has 0 aliphatic rings. The van der Waals surface area contributed by atoms with Crippen molar-refractivity contribution in [2.24, 2.45) is 0 Å². The number of hydrogen-bond acceptors (Lipinski definition) is 6. The van der Waals surface area contributed by atoms with Crippen molar-refractivity contribution in [1.29, 1.82) is 5.26 Å². The Morgan fingerprint density at radius 1 is 1.37 bits per heavy atom. The molecule has 0 bridgehead atoms. The Balaban J connectivity index is 2.17. The van der Waals surface area contributed by atoms with Crippen LogP contribution in [0.25, 0.3) is 0 Å². The molecular weight excluding hydrogens is 258 g/mol. The summed E-state index contributed by atoms with van der Waals surface area (Å²) in [5, 5.41) is 20.6. The van der Waals surface area contributed by atoms with Gasteiger partial charge in [0.15, 0.2) is 5.82 Å². The molecule has 2 rings (SSSR count). The van der Waals surface area contributed by atoms with Gasteiger partial charge in [-0.05, 0) is 19.4 Å². The molecule has 0 aromatic carbocycles. The maximum Gasteiger partial charge on any atom is 0.169 e. The molecule has 0 aliphatic carbocycles. The largest absolute Gasteiger partial charge is 0.357 e. The third-order valence-electron chi connectivity index (χ3n) is 3.05. The molecule has 0 saturated carbocycles. The van der Waals surface area contributed by atoms with E-state index in [1.165, 1.54) is 0 Å². The van der Waals surface area contributed by atoms with Crippen LogP contribution in [-0.4, -0.2) is 28.8 Å².